The molecule has 0 bridgehead atoms. The van der Waals surface area contributed by atoms with Gasteiger partial charge in [0.2, 0.25) is 65.1 Å². The van der Waals surface area contributed by atoms with Crippen LogP contribution in [-0.4, -0.2) is 165 Å². The van der Waals surface area contributed by atoms with Crippen LogP contribution >= 0.6 is 103 Å². The summed E-state index contributed by atoms with van der Waals surface area (Å²) < 4.78 is 159. The number of hydrazone groups is 1. The third-order valence-electron chi connectivity index (χ3n) is 17.9. The quantitative estimate of drug-likeness (QED) is 0.00301. The van der Waals surface area contributed by atoms with Gasteiger partial charge in [0.15, 0.2) is 46.0 Å². The second kappa shape index (κ2) is 50.4. The second-order valence-corrected chi connectivity index (χ2v) is 38.1. The molecule has 0 unspecified atom stereocenters. The molecule has 4 fully saturated rings. The zero-order chi connectivity index (χ0) is 97.7. The summed E-state index contributed by atoms with van der Waals surface area (Å²) in [5.41, 5.74) is 12.9. The Morgan fingerprint density at radius 1 is 0.515 bits per heavy atom. The number of nitrogens with one attached hydrogen (secondary N) is 5. The highest BCUT2D eigenvalue weighted by molar-refractivity contribution is 8.13. The number of pyridine rings is 4. The van der Waals surface area contributed by atoms with Crippen LogP contribution in [0.5, 0.6) is 69.5 Å². The highest BCUT2D eigenvalue weighted by Crippen LogP contribution is 2.45. The van der Waals surface area contributed by atoms with Crippen molar-refractivity contribution in [1.82, 2.24) is 39.4 Å². The van der Waals surface area contributed by atoms with Crippen molar-refractivity contribution in [2.45, 2.75) is 141 Å². The Labute approximate surface area is 799 Å². The number of nitro groups is 2. The number of ketones is 1. The Hall–Kier alpha value is -10.7. The Bertz CT molecular complexity index is 6110. The number of nitrogen functional groups attached to an aromatic ring is 1. The Balaban J connectivity index is 0.000000230. The third-order valence-corrected chi connectivity index (χ3v) is 26.1. The molecular formula is C77H79Cl9N16O26S4. The van der Waals surface area contributed by atoms with E-state index in [9.17, 15) is 78.3 Å². The van der Waals surface area contributed by atoms with Gasteiger partial charge in [-0.05, 0) is 89.5 Å². The topological polar surface area (TPSA) is 588 Å². The molecule has 9 N–H and O–H groups in total. The summed E-state index contributed by atoms with van der Waals surface area (Å²) >= 11 is 48.7. The van der Waals surface area contributed by atoms with Gasteiger partial charge in [0.1, 0.15) is 32.1 Å². The Kier molecular flexibility index (Phi) is 41.3. The molecule has 4 heterocycles. The van der Waals surface area contributed by atoms with E-state index in [-0.39, 0.29) is 184 Å². The van der Waals surface area contributed by atoms with Crippen molar-refractivity contribution < 1.29 is 110 Å². The number of nitriles is 1. The molecule has 4 aromatic carbocycles. The van der Waals surface area contributed by atoms with Gasteiger partial charge in [0.25, 0.3) is 27.0 Å². The lowest BCUT2D eigenvalue weighted by Crippen LogP contribution is -2.39. The fraction of sp³-hybridized carbons (Fsp3) is 0.338. The number of amides is 2. The first-order chi connectivity index (χ1) is 62.3. The van der Waals surface area contributed by atoms with E-state index in [0.717, 1.165) is 94.3 Å². The smallest absolute Gasteiger partial charge is 0.414 e. The fourth-order valence-electron chi connectivity index (χ4n) is 10.6. The number of imide groups is 1. The molecule has 4 aliphatic carbocycles. The van der Waals surface area contributed by atoms with Gasteiger partial charge in [-0.1, -0.05) is 118 Å². The maximum absolute atomic E-state index is 12.9. The minimum absolute atomic E-state index is 0.00774. The van der Waals surface area contributed by atoms with E-state index >= 15 is 0 Å². The number of hydrogen-bond acceptors (Lipinski definition) is 35. The van der Waals surface area contributed by atoms with Gasteiger partial charge in [0, 0.05) is 89.1 Å². The molecule has 4 aromatic heterocycles. The van der Waals surface area contributed by atoms with Gasteiger partial charge >= 0.3 is 18.0 Å². The predicted octanol–water partition coefficient (Wildman–Crippen LogP) is 16.1. The molecule has 12 rings (SSSR count). The summed E-state index contributed by atoms with van der Waals surface area (Å²) in [5, 5.41) is 36.2. The van der Waals surface area contributed by atoms with E-state index in [1.54, 1.807) is 19.9 Å². The van der Waals surface area contributed by atoms with Crippen molar-refractivity contribution in [2.75, 3.05) is 59.4 Å². The first-order valence-electron chi connectivity index (χ1n) is 38.2. The highest BCUT2D eigenvalue weighted by Gasteiger charge is 2.33. The molecule has 0 radical (unpaired) electrons. The van der Waals surface area contributed by atoms with Crippen LogP contribution in [-0.2, 0) is 63.0 Å². The number of ether oxygens (including phenoxy) is 10. The zero-order valence-corrected chi connectivity index (χ0v) is 79.8. The van der Waals surface area contributed by atoms with Gasteiger partial charge in [-0.25, -0.2) is 79.1 Å². The number of nitrogens with zero attached hydrogens (tertiary/aromatic N) is 9. The number of anilines is 2. The van der Waals surface area contributed by atoms with E-state index in [2.05, 4.69) is 58.9 Å². The van der Waals surface area contributed by atoms with E-state index < -0.39 is 84.9 Å². The number of rotatable bonds is 32. The summed E-state index contributed by atoms with van der Waals surface area (Å²) in [6.07, 6.45) is 14.8. The molecule has 0 spiro atoms. The second-order valence-electron chi connectivity index (χ2n) is 27.2. The van der Waals surface area contributed by atoms with Crippen LogP contribution in [0.1, 0.15) is 97.3 Å². The van der Waals surface area contributed by atoms with Crippen LogP contribution in [0.25, 0.3) is 4.85 Å². The van der Waals surface area contributed by atoms with Crippen LogP contribution in [0.2, 0.25) is 40.2 Å². The van der Waals surface area contributed by atoms with Crippen molar-refractivity contribution >= 4 is 195 Å². The van der Waals surface area contributed by atoms with Crippen molar-refractivity contribution in [1.29, 1.82) is 5.26 Å². The fourth-order valence-corrected chi connectivity index (χ4v) is 18.2. The van der Waals surface area contributed by atoms with Crippen LogP contribution < -0.4 is 74.3 Å². The van der Waals surface area contributed by atoms with Gasteiger partial charge in [-0.3, -0.25) is 45.4 Å². The molecular weight excluding hydrogens is 2010 g/mol. The van der Waals surface area contributed by atoms with Crippen LogP contribution in [0.15, 0.2) is 122 Å². The monoisotopic (exact) mass is 2090 g/mol. The summed E-state index contributed by atoms with van der Waals surface area (Å²) in [7, 11) is -5.11. The van der Waals surface area contributed by atoms with Crippen LogP contribution in [0.3, 0.4) is 0 Å². The van der Waals surface area contributed by atoms with E-state index in [4.69, 9.17) is 159 Å². The molecule has 0 atom stereocenters. The number of esters is 1. The molecule has 42 nitrogen and oxygen atoms in total. The van der Waals surface area contributed by atoms with Crippen LogP contribution in [0, 0.1) is 38.1 Å². The number of carbonyl (C=O) groups excluding carboxylic acids is 4. The number of nitro benzene ring substituents is 2. The van der Waals surface area contributed by atoms with Gasteiger partial charge in [-0.2, -0.15) is 10.4 Å². The SMILES string of the molecule is CCOC(=O)CC(=O)/C(C#N)=N\Nc1cc(Cl)c(Oc2cc(S(=O)(=O)NC3CCC3)c(OC)cn2)c(Cl)c1.COc1cnc(Oc2c(Cl)cc(N)cc2Cl)cc1S(=O)(=O)NC1CCC1.COc1cnc(Oc2c(Cl)cc([N+](=O)[O-])cc2Cl)cc1S(=O)(=O)Cl.COc1cnc(Oc2c(Cl)cc([N+](=O)[O-])cc2Cl)cc1S(=O)(=O)NC1CCC1.NC1CCC1.[C-]#[N+]CC(=O)NC(=O)OCC. The van der Waals surface area contributed by atoms with Crippen molar-refractivity contribution in [3.63, 3.8) is 0 Å². The summed E-state index contributed by atoms with van der Waals surface area (Å²) in [4.78, 5) is 82.8. The molecule has 55 heteroatoms. The van der Waals surface area contributed by atoms with Crippen molar-refractivity contribution in [2.24, 2.45) is 10.8 Å². The maximum atomic E-state index is 12.9. The summed E-state index contributed by atoms with van der Waals surface area (Å²) in [5.74, 6) is -2.69. The molecule has 0 aliphatic heterocycles. The number of aromatic nitrogens is 4. The number of halogens is 9. The van der Waals surface area contributed by atoms with Crippen molar-refractivity contribution in [3.05, 3.63) is 169 Å². The lowest BCUT2D eigenvalue weighted by atomic mass is 9.94. The minimum atomic E-state index is -4.13. The number of non-ortho nitro benzene ring substituents is 2. The number of sulfonamides is 3. The standard InChI is InChI=1S/C23H23Cl2N5O7S.C16H15Cl2N3O6S.C16H17Cl2N3O4S.C12H7Cl3N2O6S.C6H8N2O3.C4H9N/c1-3-36-22(32)9-18(31)17(11-26)29-28-14-7-15(24)23(16(25)8-14)37-21-10-20(19(35-2)12-27-21)38(33,34)30-13-5-4-6-13;1-26-13-8-19-15(7-14(13)28(24,25)20-9-3-2-4-9)27-16-11(17)5-10(21(22)23)6-12(16)18;1-24-13-8-20-15(25-16-11(17)5-9(19)6-12(16)18)7-14(13)26(22,23)21-10-3-2-4-10;1-22-9-5-16-11(4-10(9)24(15,20)21)23-12-7(13)2-6(17(18)19)3-8(12)14;1-3-11-6(10)8-5(9)4-7-2;5-4-2-1-3-4/h7-8,10,12-13,28,30H,3-6,9H2,1-2H3;5-9,20H,2-4H2,1H3;5-8,10,21H,2-4,19H2,1H3;2-5H,1H3;3-4H2,1H3,(H,8,9,10);4H,1-3,5H2/b29-17-;;;;;. The molecule has 8 aromatic rings. The van der Waals surface area contributed by atoms with Gasteiger partial charge in [-0.15, -0.1) is 0 Å². The number of carbonyl (C=O) groups is 4. The third kappa shape index (κ3) is 32.0. The molecule has 4 saturated carbocycles. The molecule has 2 amide bonds. The molecule has 132 heavy (non-hydrogen) atoms. The Morgan fingerprint density at radius 2 is 0.818 bits per heavy atom. The first kappa shape index (κ1) is 108. The number of alkyl carbamates (subject to hydrolysis) is 1. The maximum Gasteiger partial charge on any atom is 0.414 e. The lowest BCUT2D eigenvalue weighted by molar-refractivity contribution is -0.385. The predicted molar refractivity (Wildman–Crippen MR) is 485 cm³/mol. The largest absolute Gasteiger partial charge is 0.494 e. The first-order valence-corrected chi connectivity index (χ1v) is 48.0. The average Bonchev–Trinajstić information content (AvgIpc) is 0.793. The zero-order valence-electron chi connectivity index (χ0n) is 69.7. The van der Waals surface area contributed by atoms with Crippen LogP contribution in [0.4, 0.5) is 27.5 Å². The number of methoxy groups -OCH3 is 4. The average molecular weight is 2090 g/mol. The van der Waals surface area contributed by atoms with E-state index in [1.165, 1.54) is 109 Å². The Morgan fingerprint density at radius 3 is 1.08 bits per heavy atom. The number of hydrogen-bond donors (Lipinski definition) is 7. The van der Waals surface area contributed by atoms with Gasteiger partial charge in [0.05, 0.1) is 122 Å². The normalized spacial score (nSPS) is 13.6. The van der Waals surface area contributed by atoms with E-state index in [1.807, 2.05) is 5.32 Å². The number of nitrogens with two attached hydrogens (primary N) is 2. The summed E-state index contributed by atoms with van der Waals surface area (Å²) in [6.45, 7) is 9.45. The molecule has 4 aliphatic rings. The number of Topliss-reactive ketones (excluding diaryl/α,β-unsaturated/α-hetero) is 1. The molecule has 710 valence electrons. The summed E-state index contributed by atoms with van der Waals surface area (Å²) in [6, 6.07) is 16.3. The lowest BCUT2D eigenvalue weighted by Gasteiger charge is -2.26. The van der Waals surface area contributed by atoms with E-state index in [0.29, 0.717) is 11.7 Å². The van der Waals surface area contributed by atoms with Gasteiger partial charge < -0.3 is 63.7 Å². The van der Waals surface area contributed by atoms with Crippen molar-refractivity contribution in [3.8, 4) is 75.6 Å². The number of benzene rings is 4. The molecule has 0 saturated heterocycles. The minimum Gasteiger partial charge on any atom is -0.494 e. The highest BCUT2D eigenvalue weighted by atomic mass is 35.7.